The summed E-state index contributed by atoms with van der Waals surface area (Å²) < 4.78 is 6.62. The molecule has 0 saturated heterocycles. The molecule has 1 aromatic rings. The first-order valence-corrected chi connectivity index (χ1v) is 7.65. The topological polar surface area (TPSA) is 21.3 Å². The van der Waals surface area contributed by atoms with Crippen molar-refractivity contribution in [3.05, 3.63) is 46.5 Å². The maximum Gasteiger partial charge on any atom is 0.0672 e. The second-order valence-electron chi connectivity index (χ2n) is 5.38. The van der Waals surface area contributed by atoms with Gasteiger partial charge >= 0.3 is 0 Å². The van der Waals surface area contributed by atoms with E-state index in [0.717, 1.165) is 29.1 Å². The highest BCUT2D eigenvalue weighted by Crippen LogP contribution is 2.37. The van der Waals surface area contributed by atoms with Gasteiger partial charge in [-0.1, -0.05) is 40.2 Å². The second kappa shape index (κ2) is 7.22. The Bertz CT molecular complexity index is 409. The predicted molar refractivity (Wildman–Crippen MR) is 83.5 cm³/mol. The molecule has 2 nitrogen and oxygen atoms in total. The Morgan fingerprint density at radius 3 is 2.68 bits per heavy atom. The molecule has 1 fully saturated rings. The van der Waals surface area contributed by atoms with Crippen molar-refractivity contribution < 1.29 is 4.74 Å². The third-order valence-electron chi connectivity index (χ3n) is 3.51. The summed E-state index contributed by atoms with van der Waals surface area (Å²) in [7, 11) is 0. The molecule has 104 valence electrons. The molecular formula is C16H22BrNO. The van der Waals surface area contributed by atoms with Crippen LogP contribution in [0.15, 0.2) is 40.9 Å². The second-order valence-corrected chi connectivity index (χ2v) is 6.30. The van der Waals surface area contributed by atoms with Crippen molar-refractivity contribution in [3.63, 3.8) is 0 Å². The Morgan fingerprint density at radius 2 is 2.05 bits per heavy atom. The van der Waals surface area contributed by atoms with Crippen molar-refractivity contribution in [2.75, 3.05) is 19.8 Å². The summed E-state index contributed by atoms with van der Waals surface area (Å²) in [5.74, 6) is 0.724. The van der Waals surface area contributed by atoms with Crippen LogP contribution in [0, 0.1) is 0 Å². The van der Waals surface area contributed by atoms with Crippen molar-refractivity contribution in [1.82, 2.24) is 5.32 Å². The van der Waals surface area contributed by atoms with Gasteiger partial charge in [-0.3, -0.25) is 0 Å². The minimum atomic E-state index is 0.655. The van der Waals surface area contributed by atoms with Crippen LogP contribution < -0.4 is 5.32 Å². The van der Waals surface area contributed by atoms with Crippen molar-refractivity contribution in [1.29, 1.82) is 0 Å². The Kier molecular flexibility index (Phi) is 5.61. The van der Waals surface area contributed by atoms with Gasteiger partial charge in [0.2, 0.25) is 0 Å². The molecule has 1 aliphatic carbocycles. The zero-order valence-electron chi connectivity index (χ0n) is 11.5. The molecule has 0 heterocycles. The Balaban J connectivity index is 1.59. The molecule has 1 saturated carbocycles. The molecule has 0 radical (unpaired) electrons. The van der Waals surface area contributed by atoms with Crippen LogP contribution in [0.1, 0.15) is 31.2 Å². The predicted octanol–water partition coefficient (Wildman–Crippen LogP) is 3.88. The zero-order chi connectivity index (χ0) is 13.7. The van der Waals surface area contributed by atoms with Crippen LogP contribution in [0.4, 0.5) is 0 Å². The molecular weight excluding hydrogens is 302 g/mol. The van der Waals surface area contributed by atoms with Crippen molar-refractivity contribution >= 4 is 15.9 Å². The lowest BCUT2D eigenvalue weighted by Gasteiger charge is -2.36. The van der Waals surface area contributed by atoms with E-state index in [9.17, 15) is 0 Å². The summed E-state index contributed by atoms with van der Waals surface area (Å²) in [4.78, 5) is 0. The highest BCUT2D eigenvalue weighted by molar-refractivity contribution is 9.10. The Hall–Kier alpha value is -0.640. The van der Waals surface area contributed by atoms with Crippen LogP contribution in [-0.4, -0.2) is 25.8 Å². The molecule has 1 aromatic carbocycles. The maximum absolute atomic E-state index is 5.47. The van der Waals surface area contributed by atoms with Gasteiger partial charge in [-0.2, -0.15) is 0 Å². The van der Waals surface area contributed by atoms with E-state index in [0.29, 0.717) is 12.6 Å². The van der Waals surface area contributed by atoms with Crippen LogP contribution in [0.2, 0.25) is 0 Å². The lowest BCUT2D eigenvalue weighted by Crippen LogP contribution is -2.41. The standard InChI is InChI=1S/C16H22BrNO/c1-12(2)11-19-8-7-18-16-9-14(10-16)13-3-5-15(17)6-4-13/h3-6,14,16,18H,1,7-11H2,2H3. The molecule has 0 aliphatic heterocycles. The van der Waals surface area contributed by atoms with E-state index in [2.05, 4.69) is 52.1 Å². The first kappa shape index (κ1) is 14.8. The van der Waals surface area contributed by atoms with Gasteiger partial charge in [-0.25, -0.2) is 0 Å². The minimum Gasteiger partial charge on any atom is -0.376 e. The van der Waals surface area contributed by atoms with E-state index >= 15 is 0 Å². The van der Waals surface area contributed by atoms with Gasteiger partial charge in [0.15, 0.2) is 0 Å². The van der Waals surface area contributed by atoms with Crippen LogP contribution in [0.5, 0.6) is 0 Å². The van der Waals surface area contributed by atoms with Crippen molar-refractivity contribution in [2.24, 2.45) is 0 Å². The molecule has 1 aliphatic rings. The first-order chi connectivity index (χ1) is 9.15. The molecule has 0 bridgehead atoms. The summed E-state index contributed by atoms with van der Waals surface area (Å²) >= 11 is 3.47. The molecule has 1 N–H and O–H groups in total. The summed E-state index contributed by atoms with van der Waals surface area (Å²) in [5.41, 5.74) is 2.54. The van der Waals surface area contributed by atoms with Crippen molar-refractivity contribution in [2.45, 2.75) is 31.7 Å². The fourth-order valence-electron chi connectivity index (χ4n) is 2.37. The van der Waals surface area contributed by atoms with Gasteiger partial charge in [-0.05, 0) is 43.4 Å². The fourth-order valence-corrected chi connectivity index (χ4v) is 2.64. The smallest absolute Gasteiger partial charge is 0.0672 e. The highest BCUT2D eigenvalue weighted by atomic mass is 79.9. The highest BCUT2D eigenvalue weighted by Gasteiger charge is 2.29. The number of rotatable bonds is 7. The van der Waals surface area contributed by atoms with Gasteiger partial charge in [0.1, 0.15) is 0 Å². The monoisotopic (exact) mass is 323 g/mol. The molecule has 0 aromatic heterocycles. The number of ether oxygens (including phenoxy) is 1. The normalized spacial score (nSPS) is 22.0. The quantitative estimate of drug-likeness (QED) is 0.607. The summed E-state index contributed by atoms with van der Waals surface area (Å²) in [6.45, 7) is 8.18. The Morgan fingerprint density at radius 1 is 1.37 bits per heavy atom. The first-order valence-electron chi connectivity index (χ1n) is 6.86. The minimum absolute atomic E-state index is 0.655. The summed E-state index contributed by atoms with van der Waals surface area (Å²) in [6.07, 6.45) is 2.48. The third-order valence-corrected chi connectivity index (χ3v) is 4.04. The molecule has 0 spiro atoms. The fraction of sp³-hybridized carbons (Fsp3) is 0.500. The average molecular weight is 324 g/mol. The number of hydrogen-bond acceptors (Lipinski definition) is 2. The summed E-state index contributed by atoms with van der Waals surface area (Å²) in [5, 5.41) is 3.54. The van der Waals surface area contributed by atoms with E-state index in [4.69, 9.17) is 4.74 Å². The largest absolute Gasteiger partial charge is 0.376 e. The molecule has 0 amide bonds. The van der Waals surface area contributed by atoms with Crippen LogP contribution in [0.3, 0.4) is 0 Å². The van der Waals surface area contributed by atoms with Crippen LogP contribution >= 0.6 is 15.9 Å². The van der Waals surface area contributed by atoms with Gasteiger partial charge in [0.25, 0.3) is 0 Å². The Labute approximate surface area is 124 Å². The van der Waals surface area contributed by atoms with Gasteiger partial charge < -0.3 is 10.1 Å². The molecule has 3 heteroatoms. The molecule has 0 atom stereocenters. The van der Waals surface area contributed by atoms with E-state index in [1.807, 2.05) is 6.92 Å². The van der Waals surface area contributed by atoms with E-state index in [-0.39, 0.29) is 0 Å². The van der Waals surface area contributed by atoms with E-state index < -0.39 is 0 Å². The van der Waals surface area contributed by atoms with E-state index in [1.165, 1.54) is 18.4 Å². The zero-order valence-corrected chi connectivity index (χ0v) is 13.1. The van der Waals surface area contributed by atoms with Gasteiger partial charge in [0.05, 0.1) is 13.2 Å². The van der Waals surface area contributed by atoms with Gasteiger partial charge in [-0.15, -0.1) is 0 Å². The molecule has 0 unspecified atom stereocenters. The van der Waals surface area contributed by atoms with Crippen LogP contribution in [-0.2, 0) is 4.74 Å². The molecule has 19 heavy (non-hydrogen) atoms. The summed E-state index contributed by atoms with van der Waals surface area (Å²) in [6, 6.07) is 9.35. The van der Waals surface area contributed by atoms with Gasteiger partial charge in [0, 0.05) is 17.1 Å². The van der Waals surface area contributed by atoms with E-state index in [1.54, 1.807) is 0 Å². The third kappa shape index (κ3) is 4.75. The van der Waals surface area contributed by atoms with Crippen LogP contribution in [0.25, 0.3) is 0 Å². The lowest BCUT2D eigenvalue weighted by atomic mass is 9.76. The number of hydrogen-bond donors (Lipinski definition) is 1. The molecule has 2 rings (SSSR count). The number of nitrogens with one attached hydrogen (secondary N) is 1. The lowest BCUT2D eigenvalue weighted by molar-refractivity contribution is 0.148. The number of halogens is 1. The average Bonchev–Trinajstić information content (AvgIpc) is 2.32. The maximum atomic E-state index is 5.47. The SMILES string of the molecule is C=C(C)COCCNC1CC(c2ccc(Br)cc2)C1. The number of benzene rings is 1. The van der Waals surface area contributed by atoms with Crippen molar-refractivity contribution in [3.8, 4) is 0 Å².